The average Bonchev–Trinajstić information content (AvgIpc) is 3.15. The molecule has 0 unspecified atom stereocenters. The van der Waals surface area contributed by atoms with Gasteiger partial charge in [-0.05, 0) is 47.5 Å². The van der Waals surface area contributed by atoms with Gasteiger partial charge in [-0.25, -0.2) is 4.39 Å². The molecule has 2 amide bonds. The van der Waals surface area contributed by atoms with Crippen molar-refractivity contribution in [2.45, 2.75) is 13.1 Å². The number of imide groups is 1. The standard InChI is InChI=1S/C28H28FN3O4/c1-35-24-11-8-20(16-25(24)36-2)18-32-27(33)22-4-3-5-23(26(22)28(32)34)31-14-12-30(13-15-31)17-19-6-9-21(29)10-7-19/h3-11,16H,12-15,17-18H2,1-2H3. The van der Waals surface area contributed by atoms with Crippen molar-refractivity contribution >= 4 is 17.5 Å². The van der Waals surface area contributed by atoms with Crippen LogP contribution in [0.2, 0.25) is 0 Å². The molecule has 0 atom stereocenters. The molecule has 2 heterocycles. The molecule has 3 aromatic rings. The minimum absolute atomic E-state index is 0.150. The average molecular weight is 490 g/mol. The molecule has 0 spiro atoms. The number of halogens is 1. The Morgan fingerprint density at radius 1 is 0.778 bits per heavy atom. The molecule has 1 fully saturated rings. The molecule has 36 heavy (non-hydrogen) atoms. The highest BCUT2D eigenvalue weighted by atomic mass is 19.1. The number of anilines is 1. The Bertz CT molecular complexity index is 1290. The molecule has 2 aliphatic heterocycles. The molecule has 3 aromatic carbocycles. The maximum atomic E-state index is 13.5. The normalized spacial score (nSPS) is 15.9. The molecule has 5 rings (SSSR count). The van der Waals surface area contributed by atoms with Crippen LogP contribution in [0.4, 0.5) is 10.1 Å². The maximum absolute atomic E-state index is 13.5. The predicted molar refractivity (Wildman–Crippen MR) is 134 cm³/mol. The fraction of sp³-hybridized carbons (Fsp3) is 0.286. The number of hydrogen-bond donors (Lipinski definition) is 0. The van der Waals surface area contributed by atoms with Gasteiger partial charge < -0.3 is 14.4 Å². The zero-order valence-corrected chi connectivity index (χ0v) is 20.4. The Balaban J connectivity index is 1.30. The van der Waals surface area contributed by atoms with Crippen molar-refractivity contribution in [1.82, 2.24) is 9.80 Å². The van der Waals surface area contributed by atoms with Gasteiger partial charge in [0.05, 0.1) is 37.6 Å². The van der Waals surface area contributed by atoms with Gasteiger partial charge in [0.25, 0.3) is 11.8 Å². The lowest BCUT2D eigenvalue weighted by molar-refractivity contribution is 0.0642. The van der Waals surface area contributed by atoms with Gasteiger partial charge in [-0.2, -0.15) is 0 Å². The summed E-state index contributed by atoms with van der Waals surface area (Å²) in [5, 5.41) is 0. The number of carbonyl (C=O) groups excluding carboxylic acids is 2. The van der Waals surface area contributed by atoms with E-state index in [9.17, 15) is 14.0 Å². The largest absolute Gasteiger partial charge is 0.493 e. The Hall–Kier alpha value is -3.91. The molecule has 0 N–H and O–H groups in total. The molecule has 186 valence electrons. The van der Waals surface area contributed by atoms with Crippen LogP contribution in [0.1, 0.15) is 31.8 Å². The molecule has 8 heteroatoms. The van der Waals surface area contributed by atoms with E-state index in [1.807, 2.05) is 30.3 Å². The number of hydrogen-bond acceptors (Lipinski definition) is 6. The third-order valence-electron chi connectivity index (χ3n) is 6.80. The van der Waals surface area contributed by atoms with Crippen LogP contribution < -0.4 is 14.4 Å². The summed E-state index contributed by atoms with van der Waals surface area (Å²) < 4.78 is 23.9. The van der Waals surface area contributed by atoms with E-state index in [0.29, 0.717) is 22.6 Å². The quantitative estimate of drug-likeness (QED) is 0.468. The molecule has 0 aliphatic carbocycles. The Labute approximate surface area is 209 Å². The first-order valence-corrected chi connectivity index (χ1v) is 11.9. The highest BCUT2D eigenvalue weighted by molar-refractivity contribution is 6.23. The molecule has 0 saturated carbocycles. The van der Waals surface area contributed by atoms with Crippen molar-refractivity contribution in [3.05, 3.63) is 88.7 Å². The maximum Gasteiger partial charge on any atom is 0.263 e. The molecule has 0 radical (unpaired) electrons. The molecule has 1 saturated heterocycles. The van der Waals surface area contributed by atoms with Gasteiger partial charge in [0.2, 0.25) is 0 Å². The monoisotopic (exact) mass is 489 g/mol. The second-order valence-electron chi connectivity index (χ2n) is 8.98. The van der Waals surface area contributed by atoms with Crippen LogP contribution in [-0.2, 0) is 13.1 Å². The molecule has 7 nitrogen and oxygen atoms in total. The second kappa shape index (κ2) is 9.99. The number of piperazine rings is 1. The first-order valence-electron chi connectivity index (χ1n) is 11.9. The third kappa shape index (κ3) is 4.52. The second-order valence-corrected chi connectivity index (χ2v) is 8.98. The van der Waals surface area contributed by atoms with E-state index >= 15 is 0 Å². The Kier molecular flexibility index (Phi) is 6.61. The first kappa shape index (κ1) is 23.8. The lowest BCUT2D eigenvalue weighted by atomic mass is 10.1. The molecule has 2 aliphatic rings. The minimum atomic E-state index is -0.290. The van der Waals surface area contributed by atoms with Crippen molar-refractivity contribution < 1.29 is 23.5 Å². The van der Waals surface area contributed by atoms with E-state index in [1.165, 1.54) is 17.0 Å². The van der Waals surface area contributed by atoms with Crippen molar-refractivity contribution in [3.63, 3.8) is 0 Å². The van der Waals surface area contributed by atoms with Crippen LogP contribution >= 0.6 is 0 Å². The number of ether oxygens (including phenoxy) is 2. The summed E-state index contributed by atoms with van der Waals surface area (Å²) in [4.78, 5) is 32.4. The highest BCUT2D eigenvalue weighted by Crippen LogP contribution is 2.34. The number of rotatable bonds is 7. The zero-order chi connectivity index (χ0) is 25.2. The van der Waals surface area contributed by atoms with Crippen LogP contribution in [0.15, 0.2) is 60.7 Å². The number of benzene rings is 3. The van der Waals surface area contributed by atoms with Gasteiger partial charge in [0, 0.05) is 32.7 Å². The fourth-order valence-corrected chi connectivity index (χ4v) is 4.88. The predicted octanol–water partition coefficient (Wildman–Crippen LogP) is 3.96. The summed E-state index contributed by atoms with van der Waals surface area (Å²) in [6, 6.07) is 17.4. The molecule has 0 bridgehead atoms. The van der Waals surface area contributed by atoms with Crippen molar-refractivity contribution in [1.29, 1.82) is 0 Å². The SMILES string of the molecule is COc1ccc(CN2C(=O)c3cccc(N4CCN(Cc5ccc(F)cc5)CC4)c3C2=O)cc1OC. The topological polar surface area (TPSA) is 62.3 Å². The summed E-state index contributed by atoms with van der Waals surface area (Å²) >= 11 is 0. The van der Waals surface area contributed by atoms with Gasteiger partial charge in [-0.1, -0.05) is 24.3 Å². The number of nitrogens with zero attached hydrogens (tertiary/aromatic N) is 3. The van der Waals surface area contributed by atoms with E-state index in [2.05, 4.69) is 9.80 Å². The molecular weight excluding hydrogens is 461 g/mol. The van der Waals surface area contributed by atoms with Crippen LogP contribution in [0.5, 0.6) is 11.5 Å². The highest BCUT2D eigenvalue weighted by Gasteiger charge is 2.38. The molecule has 0 aromatic heterocycles. The van der Waals surface area contributed by atoms with Gasteiger partial charge >= 0.3 is 0 Å². The van der Waals surface area contributed by atoms with E-state index in [-0.39, 0.29) is 24.2 Å². The number of amides is 2. The van der Waals surface area contributed by atoms with Gasteiger partial charge in [-0.3, -0.25) is 19.4 Å². The number of fused-ring (bicyclic) bond motifs is 1. The number of carbonyl (C=O) groups is 2. The van der Waals surface area contributed by atoms with Gasteiger partial charge in [0.15, 0.2) is 11.5 Å². The van der Waals surface area contributed by atoms with E-state index in [1.54, 1.807) is 32.4 Å². The van der Waals surface area contributed by atoms with E-state index in [0.717, 1.165) is 49.5 Å². The summed E-state index contributed by atoms with van der Waals surface area (Å²) in [6.07, 6.45) is 0. The van der Waals surface area contributed by atoms with Crippen molar-refractivity contribution in [2.24, 2.45) is 0 Å². The summed E-state index contributed by atoms with van der Waals surface area (Å²) in [7, 11) is 3.11. The zero-order valence-electron chi connectivity index (χ0n) is 20.4. The van der Waals surface area contributed by atoms with Crippen molar-refractivity contribution in [2.75, 3.05) is 45.3 Å². The minimum Gasteiger partial charge on any atom is -0.493 e. The smallest absolute Gasteiger partial charge is 0.263 e. The van der Waals surface area contributed by atoms with E-state index < -0.39 is 0 Å². The van der Waals surface area contributed by atoms with E-state index in [4.69, 9.17) is 9.47 Å². The third-order valence-corrected chi connectivity index (χ3v) is 6.80. The Morgan fingerprint density at radius 2 is 1.47 bits per heavy atom. The van der Waals surface area contributed by atoms with Crippen LogP contribution in [0.3, 0.4) is 0 Å². The summed E-state index contributed by atoms with van der Waals surface area (Å²) in [6.45, 7) is 3.97. The first-order chi connectivity index (χ1) is 17.5. The van der Waals surface area contributed by atoms with Crippen LogP contribution in [0, 0.1) is 5.82 Å². The lowest BCUT2D eigenvalue weighted by Crippen LogP contribution is -2.46. The Morgan fingerprint density at radius 3 is 2.17 bits per heavy atom. The van der Waals surface area contributed by atoms with Gasteiger partial charge in [0.1, 0.15) is 5.82 Å². The fourth-order valence-electron chi connectivity index (χ4n) is 4.88. The molecular formula is C28H28FN3O4. The lowest BCUT2D eigenvalue weighted by Gasteiger charge is -2.36. The van der Waals surface area contributed by atoms with Crippen LogP contribution in [0.25, 0.3) is 0 Å². The van der Waals surface area contributed by atoms with Crippen molar-refractivity contribution in [3.8, 4) is 11.5 Å². The summed E-state index contributed by atoms with van der Waals surface area (Å²) in [5.41, 5.74) is 3.54. The van der Waals surface area contributed by atoms with Gasteiger partial charge in [-0.15, -0.1) is 0 Å². The number of methoxy groups -OCH3 is 2. The van der Waals surface area contributed by atoms with Crippen LogP contribution in [-0.4, -0.2) is 62.0 Å². The summed E-state index contributed by atoms with van der Waals surface area (Å²) in [5.74, 6) is 0.326.